The van der Waals surface area contributed by atoms with Crippen LogP contribution >= 0.6 is 11.3 Å². The predicted octanol–water partition coefficient (Wildman–Crippen LogP) is 2.94. The molecule has 0 spiro atoms. The normalized spacial score (nSPS) is 10.8. The van der Waals surface area contributed by atoms with Gasteiger partial charge in [0.25, 0.3) is 0 Å². The Morgan fingerprint density at radius 2 is 2.39 bits per heavy atom. The van der Waals surface area contributed by atoms with Crippen LogP contribution in [0.25, 0.3) is 0 Å². The molecule has 96 valence electrons. The molecule has 2 heterocycles. The third-order valence-electron chi connectivity index (χ3n) is 2.47. The standard InChI is InChI=1S/C12H15N3O2S/c1-8(2)10-6-14-12(18-10)15(11(13)16)7-9-4-3-5-17-9/h3-6,8H,7H2,1-2H3,(H2,13,16). The van der Waals surface area contributed by atoms with E-state index in [-0.39, 0.29) is 0 Å². The fraction of sp³-hybridized carbons (Fsp3) is 0.333. The highest BCUT2D eigenvalue weighted by molar-refractivity contribution is 7.15. The molecule has 0 aliphatic carbocycles. The molecule has 2 N–H and O–H groups in total. The van der Waals surface area contributed by atoms with E-state index < -0.39 is 6.03 Å². The van der Waals surface area contributed by atoms with Crippen LogP contribution in [0.5, 0.6) is 0 Å². The van der Waals surface area contributed by atoms with E-state index in [2.05, 4.69) is 18.8 Å². The lowest BCUT2D eigenvalue weighted by molar-refractivity contribution is 0.253. The first-order valence-corrected chi connectivity index (χ1v) is 6.44. The summed E-state index contributed by atoms with van der Waals surface area (Å²) in [5.74, 6) is 1.06. The summed E-state index contributed by atoms with van der Waals surface area (Å²) in [7, 11) is 0. The largest absolute Gasteiger partial charge is 0.467 e. The summed E-state index contributed by atoms with van der Waals surface area (Å²) >= 11 is 1.47. The molecule has 18 heavy (non-hydrogen) atoms. The Bertz CT molecular complexity index is 519. The lowest BCUT2D eigenvalue weighted by atomic mass is 10.2. The van der Waals surface area contributed by atoms with Crippen molar-refractivity contribution in [1.82, 2.24) is 4.98 Å². The molecular weight excluding hydrogens is 250 g/mol. The van der Waals surface area contributed by atoms with Crippen LogP contribution in [0.1, 0.15) is 30.4 Å². The molecule has 0 radical (unpaired) electrons. The molecule has 0 aliphatic heterocycles. The molecule has 0 atom stereocenters. The topological polar surface area (TPSA) is 72.4 Å². The molecular formula is C12H15N3O2S. The minimum Gasteiger partial charge on any atom is -0.467 e. The first kappa shape index (κ1) is 12.6. The van der Waals surface area contributed by atoms with Gasteiger partial charge in [-0.1, -0.05) is 13.8 Å². The number of anilines is 1. The molecule has 5 nitrogen and oxygen atoms in total. The second kappa shape index (κ2) is 5.22. The van der Waals surface area contributed by atoms with Crippen molar-refractivity contribution >= 4 is 22.5 Å². The molecule has 0 unspecified atom stereocenters. The first-order valence-electron chi connectivity index (χ1n) is 5.63. The molecule has 2 rings (SSSR count). The molecule has 0 aliphatic rings. The maximum Gasteiger partial charge on any atom is 0.321 e. The van der Waals surface area contributed by atoms with E-state index in [1.54, 1.807) is 24.6 Å². The van der Waals surface area contributed by atoms with E-state index >= 15 is 0 Å². The third-order valence-corrected chi connectivity index (χ3v) is 3.79. The van der Waals surface area contributed by atoms with E-state index in [1.807, 2.05) is 0 Å². The van der Waals surface area contributed by atoms with Crippen molar-refractivity contribution < 1.29 is 9.21 Å². The molecule has 0 bridgehead atoms. The van der Waals surface area contributed by atoms with E-state index in [0.717, 1.165) is 4.88 Å². The van der Waals surface area contributed by atoms with Crippen LogP contribution in [0.15, 0.2) is 29.0 Å². The Morgan fingerprint density at radius 3 is 2.89 bits per heavy atom. The number of carbonyl (C=O) groups is 1. The van der Waals surface area contributed by atoms with Crippen molar-refractivity contribution in [3.63, 3.8) is 0 Å². The minimum absolute atomic E-state index is 0.299. The van der Waals surface area contributed by atoms with Crippen molar-refractivity contribution in [3.05, 3.63) is 35.2 Å². The van der Waals surface area contributed by atoms with Gasteiger partial charge in [-0.15, -0.1) is 11.3 Å². The second-order valence-corrected chi connectivity index (χ2v) is 5.24. The van der Waals surface area contributed by atoms with Crippen LogP contribution < -0.4 is 10.6 Å². The second-order valence-electron chi connectivity index (χ2n) is 4.20. The fourth-order valence-corrected chi connectivity index (χ4v) is 2.39. The van der Waals surface area contributed by atoms with Crippen LogP contribution in [-0.4, -0.2) is 11.0 Å². The van der Waals surface area contributed by atoms with Crippen LogP contribution in [0, 0.1) is 0 Å². The Morgan fingerprint density at radius 1 is 1.61 bits per heavy atom. The van der Waals surface area contributed by atoms with Gasteiger partial charge < -0.3 is 10.2 Å². The van der Waals surface area contributed by atoms with Gasteiger partial charge in [0.15, 0.2) is 5.13 Å². The monoisotopic (exact) mass is 265 g/mol. The number of nitrogens with zero attached hydrogens (tertiary/aromatic N) is 2. The summed E-state index contributed by atoms with van der Waals surface area (Å²) in [4.78, 5) is 18.3. The maximum absolute atomic E-state index is 11.5. The lowest BCUT2D eigenvalue weighted by Gasteiger charge is -2.15. The number of rotatable bonds is 4. The Labute approximate surface area is 109 Å². The van der Waals surface area contributed by atoms with Gasteiger partial charge in [-0.05, 0) is 18.1 Å². The number of carbonyl (C=O) groups excluding carboxylic acids is 1. The maximum atomic E-state index is 11.5. The zero-order valence-corrected chi connectivity index (χ0v) is 11.1. The van der Waals surface area contributed by atoms with E-state index in [0.29, 0.717) is 23.4 Å². The summed E-state index contributed by atoms with van der Waals surface area (Å²) in [6.07, 6.45) is 3.35. The molecule has 0 saturated heterocycles. The van der Waals surface area contributed by atoms with Crippen LogP contribution in [0.3, 0.4) is 0 Å². The van der Waals surface area contributed by atoms with Gasteiger partial charge >= 0.3 is 6.03 Å². The Balaban J connectivity index is 2.21. The van der Waals surface area contributed by atoms with Gasteiger partial charge in [0.2, 0.25) is 0 Å². The van der Waals surface area contributed by atoms with Gasteiger partial charge in [0, 0.05) is 11.1 Å². The number of urea groups is 1. The Kier molecular flexibility index (Phi) is 3.66. The Hall–Kier alpha value is -1.82. The smallest absolute Gasteiger partial charge is 0.321 e. The van der Waals surface area contributed by atoms with E-state index in [1.165, 1.54) is 16.2 Å². The number of aromatic nitrogens is 1. The molecule has 6 heteroatoms. The fourth-order valence-electron chi connectivity index (χ4n) is 1.47. The quantitative estimate of drug-likeness (QED) is 0.923. The van der Waals surface area contributed by atoms with E-state index in [4.69, 9.17) is 10.2 Å². The highest BCUT2D eigenvalue weighted by atomic mass is 32.1. The van der Waals surface area contributed by atoms with Gasteiger partial charge in [0.1, 0.15) is 5.76 Å². The number of nitrogens with two attached hydrogens (primary N) is 1. The molecule has 2 amide bonds. The average molecular weight is 265 g/mol. The first-order chi connectivity index (χ1) is 8.58. The summed E-state index contributed by atoms with van der Waals surface area (Å²) in [5.41, 5.74) is 5.38. The third kappa shape index (κ3) is 2.70. The predicted molar refractivity (Wildman–Crippen MR) is 70.7 cm³/mol. The molecule has 2 aromatic heterocycles. The van der Waals surface area contributed by atoms with Crippen molar-refractivity contribution in [3.8, 4) is 0 Å². The van der Waals surface area contributed by atoms with Crippen molar-refractivity contribution in [2.24, 2.45) is 5.73 Å². The molecule has 0 aromatic carbocycles. The van der Waals surface area contributed by atoms with Gasteiger partial charge in [-0.2, -0.15) is 0 Å². The summed E-state index contributed by atoms with van der Waals surface area (Å²) in [5, 5.41) is 0.600. The van der Waals surface area contributed by atoms with Gasteiger partial charge in [-0.25, -0.2) is 9.78 Å². The van der Waals surface area contributed by atoms with Crippen LogP contribution in [0.2, 0.25) is 0 Å². The summed E-state index contributed by atoms with van der Waals surface area (Å²) < 4.78 is 5.22. The highest BCUT2D eigenvalue weighted by Crippen LogP contribution is 2.28. The number of primary amides is 1. The number of furan rings is 1. The molecule has 0 fully saturated rings. The summed E-state index contributed by atoms with van der Waals surface area (Å²) in [6.45, 7) is 4.46. The van der Waals surface area contributed by atoms with Gasteiger partial charge in [-0.3, -0.25) is 4.90 Å². The minimum atomic E-state index is -0.531. The van der Waals surface area contributed by atoms with Crippen molar-refractivity contribution in [2.75, 3.05) is 4.90 Å². The zero-order chi connectivity index (χ0) is 13.1. The lowest BCUT2D eigenvalue weighted by Crippen LogP contribution is -2.34. The average Bonchev–Trinajstić information content (AvgIpc) is 2.96. The molecule has 2 aromatic rings. The number of thiazole rings is 1. The number of amides is 2. The van der Waals surface area contributed by atoms with E-state index in [9.17, 15) is 4.79 Å². The number of hydrogen-bond acceptors (Lipinski definition) is 4. The van der Waals surface area contributed by atoms with Crippen molar-refractivity contribution in [1.29, 1.82) is 0 Å². The van der Waals surface area contributed by atoms with Crippen molar-refractivity contribution in [2.45, 2.75) is 26.3 Å². The summed E-state index contributed by atoms with van der Waals surface area (Å²) in [6, 6.07) is 3.04. The van der Waals surface area contributed by atoms with Crippen LogP contribution in [0.4, 0.5) is 9.93 Å². The molecule has 0 saturated carbocycles. The zero-order valence-electron chi connectivity index (χ0n) is 10.3. The highest BCUT2D eigenvalue weighted by Gasteiger charge is 2.18. The SMILES string of the molecule is CC(C)c1cnc(N(Cc2ccco2)C(N)=O)s1. The number of hydrogen-bond donors (Lipinski definition) is 1. The van der Waals surface area contributed by atoms with Crippen LogP contribution in [-0.2, 0) is 6.54 Å². The van der Waals surface area contributed by atoms with Gasteiger partial charge in [0.05, 0.1) is 12.8 Å².